The molecule has 2 amide bonds. The first-order chi connectivity index (χ1) is 16.5. The van der Waals surface area contributed by atoms with Crippen LogP contribution in [0.15, 0.2) is 71.4 Å². The number of anilines is 2. The number of piperazine rings is 1. The average Bonchev–Trinajstić information content (AvgIpc) is 3.29. The van der Waals surface area contributed by atoms with E-state index in [1.54, 1.807) is 36.7 Å². The van der Waals surface area contributed by atoms with E-state index in [1.807, 2.05) is 42.2 Å². The molecular formula is C26H25N5O3. The fraction of sp³-hybridized carbons (Fsp3) is 0.231. The second-order valence-electron chi connectivity index (χ2n) is 8.40. The highest BCUT2D eigenvalue weighted by Crippen LogP contribution is 2.22. The number of carbonyl (C=O) groups is 2. The van der Waals surface area contributed by atoms with E-state index in [-0.39, 0.29) is 17.6 Å². The quantitative estimate of drug-likeness (QED) is 0.494. The van der Waals surface area contributed by atoms with Gasteiger partial charge >= 0.3 is 0 Å². The summed E-state index contributed by atoms with van der Waals surface area (Å²) in [7, 11) is 0. The van der Waals surface area contributed by atoms with Crippen molar-refractivity contribution in [1.82, 2.24) is 14.9 Å². The summed E-state index contributed by atoms with van der Waals surface area (Å²) >= 11 is 0. The van der Waals surface area contributed by atoms with Gasteiger partial charge in [0.1, 0.15) is 5.58 Å². The Labute approximate surface area is 197 Å². The monoisotopic (exact) mass is 455 g/mol. The maximum absolute atomic E-state index is 12.8. The molecule has 1 aliphatic heterocycles. The van der Waals surface area contributed by atoms with Crippen LogP contribution in [0.5, 0.6) is 0 Å². The molecule has 5 rings (SSSR count). The van der Waals surface area contributed by atoms with Crippen LogP contribution in [-0.4, -0.2) is 52.9 Å². The molecule has 0 unspecified atom stereocenters. The van der Waals surface area contributed by atoms with Gasteiger partial charge in [0.2, 0.25) is 11.9 Å². The number of nitrogens with one attached hydrogen (secondary N) is 1. The van der Waals surface area contributed by atoms with Crippen molar-refractivity contribution in [1.29, 1.82) is 0 Å². The lowest BCUT2D eigenvalue weighted by Gasteiger charge is -2.34. The van der Waals surface area contributed by atoms with E-state index in [4.69, 9.17) is 4.42 Å². The molecule has 1 aliphatic rings. The topological polar surface area (TPSA) is 91.6 Å². The fourth-order valence-electron chi connectivity index (χ4n) is 4.07. The molecule has 4 aromatic rings. The van der Waals surface area contributed by atoms with Gasteiger partial charge in [0, 0.05) is 49.6 Å². The molecule has 8 heteroatoms. The molecule has 0 aliphatic carbocycles. The van der Waals surface area contributed by atoms with Crippen LogP contribution in [0.1, 0.15) is 21.7 Å². The van der Waals surface area contributed by atoms with Gasteiger partial charge in [0.25, 0.3) is 5.91 Å². The molecule has 2 aromatic carbocycles. The van der Waals surface area contributed by atoms with E-state index >= 15 is 0 Å². The largest absolute Gasteiger partial charge is 0.451 e. The number of nitrogens with zero attached hydrogens (tertiary/aromatic N) is 4. The van der Waals surface area contributed by atoms with Crippen LogP contribution in [0.4, 0.5) is 11.6 Å². The minimum absolute atomic E-state index is 0.0861. The Hall–Kier alpha value is -4.20. The van der Waals surface area contributed by atoms with Crippen LogP contribution in [-0.2, 0) is 11.2 Å². The van der Waals surface area contributed by atoms with Crippen molar-refractivity contribution in [2.75, 3.05) is 36.4 Å². The maximum atomic E-state index is 12.8. The van der Waals surface area contributed by atoms with E-state index < -0.39 is 0 Å². The molecule has 1 N–H and O–H groups in total. The summed E-state index contributed by atoms with van der Waals surface area (Å²) in [6.45, 7) is 4.70. The number of aromatic nitrogens is 2. The van der Waals surface area contributed by atoms with Crippen molar-refractivity contribution in [3.8, 4) is 0 Å². The highest BCUT2D eigenvalue weighted by molar-refractivity contribution is 6.04. The Balaban J connectivity index is 1.15. The molecule has 3 heterocycles. The van der Waals surface area contributed by atoms with E-state index in [2.05, 4.69) is 20.2 Å². The van der Waals surface area contributed by atoms with Crippen LogP contribution in [0.25, 0.3) is 11.0 Å². The number of aryl methyl sites for hydroxylation is 1. The zero-order valence-electron chi connectivity index (χ0n) is 18.9. The molecule has 0 atom stereocenters. The molecule has 0 radical (unpaired) electrons. The van der Waals surface area contributed by atoms with Crippen LogP contribution >= 0.6 is 0 Å². The lowest BCUT2D eigenvalue weighted by atomic mass is 10.1. The van der Waals surface area contributed by atoms with Crippen LogP contribution in [0.2, 0.25) is 0 Å². The SMILES string of the molecule is Cc1ccc2oc(C(=O)Nc3ccc(CC(=O)N4CCN(c5ncccn5)CC4)cc3)cc2c1. The summed E-state index contributed by atoms with van der Waals surface area (Å²) in [5.41, 5.74) is 3.34. The Morgan fingerprint density at radius 1 is 0.971 bits per heavy atom. The van der Waals surface area contributed by atoms with Crippen molar-refractivity contribution >= 4 is 34.4 Å². The molecule has 34 heavy (non-hydrogen) atoms. The van der Waals surface area contributed by atoms with Gasteiger partial charge in [-0.25, -0.2) is 9.97 Å². The zero-order valence-corrected chi connectivity index (χ0v) is 18.9. The number of hydrogen-bond acceptors (Lipinski definition) is 6. The third kappa shape index (κ3) is 4.76. The van der Waals surface area contributed by atoms with Crippen molar-refractivity contribution in [3.63, 3.8) is 0 Å². The lowest BCUT2D eigenvalue weighted by Crippen LogP contribution is -2.49. The normalized spacial score (nSPS) is 13.8. The number of benzene rings is 2. The molecule has 8 nitrogen and oxygen atoms in total. The summed E-state index contributed by atoms with van der Waals surface area (Å²) in [6.07, 6.45) is 3.77. The number of furan rings is 1. The number of rotatable bonds is 5. The summed E-state index contributed by atoms with van der Waals surface area (Å²) in [5, 5.41) is 3.75. The van der Waals surface area contributed by atoms with E-state index in [1.165, 1.54) is 0 Å². The third-order valence-corrected chi connectivity index (χ3v) is 5.93. The first-order valence-corrected chi connectivity index (χ1v) is 11.3. The smallest absolute Gasteiger partial charge is 0.291 e. The molecule has 172 valence electrons. The van der Waals surface area contributed by atoms with E-state index in [0.29, 0.717) is 49.8 Å². The van der Waals surface area contributed by atoms with Crippen molar-refractivity contribution < 1.29 is 14.0 Å². The van der Waals surface area contributed by atoms with Crippen LogP contribution in [0, 0.1) is 6.92 Å². The maximum Gasteiger partial charge on any atom is 0.291 e. The Morgan fingerprint density at radius 2 is 1.71 bits per heavy atom. The predicted molar refractivity (Wildman–Crippen MR) is 130 cm³/mol. The van der Waals surface area contributed by atoms with Crippen LogP contribution < -0.4 is 10.2 Å². The Morgan fingerprint density at radius 3 is 2.44 bits per heavy atom. The highest BCUT2D eigenvalue weighted by Gasteiger charge is 2.22. The molecule has 0 spiro atoms. The van der Waals surface area contributed by atoms with Gasteiger partial charge in [0.15, 0.2) is 5.76 Å². The Bertz CT molecular complexity index is 1310. The predicted octanol–water partition coefficient (Wildman–Crippen LogP) is 3.67. The summed E-state index contributed by atoms with van der Waals surface area (Å²) in [5.74, 6) is 0.742. The minimum Gasteiger partial charge on any atom is -0.451 e. The minimum atomic E-state index is -0.307. The van der Waals surface area contributed by atoms with Gasteiger partial charge in [-0.2, -0.15) is 0 Å². The molecule has 2 aromatic heterocycles. The zero-order chi connectivity index (χ0) is 23.5. The van der Waals surface area contributed by atoms with Crippen LogP contribution in [0.3, 0.4) is 0 Å². The number of hydrogen-bond donors (Lipinski definition) is 1. The fourth-order valence-corrected chi connectivity index (χ4v) is 4.07. The van der Waals surface area contributed by atoms with E-state index in [0.717, 1.165) is 16.5 Å². The molecule has 0 bridgehead atoms. The van der Waals surface area contributed by atoms with Crippen molar-refractivity contribution in [2.45, 2.75) is 13.3 Å². The van der Waals surface area contributed by atoms with E-state index in [9.17, 15) is 9.59 Å². The number of carbonyl (C=O) groups excluding carboxylic acids is 2. The second kappa shape index (κ2) is 9.35. The summed E-state index contributed by atoms with van der Waals surface area (Å²) < 4.78 is 5.66. The standard InChI is InChI=1S/C26H25N5O3/c1-18-3-8-22-20(15-18)17-23(34-22)25(33)29-21-6-4-19(5-7-21)16-24(32)30-11-13-31(14-12-30)26-27-9-2-10-28-26/h2-10,15,17H,11-14,16H2,1H3,(H,29,33). The average molecular weight is 456 g/mol. The number of fused-ring (bicyclic) bond motifs is 1. The van der Waals surface area contributed by atoms with Gasteiger partial charge in [-0.05, 0) is 48.9 Å². The van der Waals surface area contributed by atoms with Gasteiger partial charge < -0.3 is 19.5 Å². The Kier molecular flexibility index (Phi) is 5.95. The first-order valence-electron chi connectivity index (χ1n) is 11.3. The first kappa shape index (κ1) is 21.6. The van der Waals surface area contributed by atoms with Gasteiger partial charge in [-0.15, -0.1) is 0 Å². The molecular weight excluding hydrogens is 430 g/mol. The van der Waals surface area contributed by atoms with Crippen molar-refractivity contribution in [2.24, 2.45) is 0 Å². The van der Waals surface area contributed by atoms with Gasteiger partial charge in [-0.3, -0.25) is 9.59 Å². The second-order valence-corrected chi connectivity index (χ2v) is 8.40. The highest BCUT2D eigenvalue weighted by atomic mass is 16.3. The molecule has 0 saturated carbocycles. The molecule has 1 saturated heterocycles. The lowest BCUT2D eigenvalue weighted by molar-refractivity contribution is -0.130. The summed E-state index contributed by atoms with van der Waals surface area (Å²) in [6, 6.07) is 16.7. The third-order valence-electron chi connectivity index (χ3n) is 5.93. The van der Waals surface area contributed by atoms with Crippen molar-refractivity contribution in [3.05, 3.63) is 83.9 Å². The van der Waals surface area contributed by atoms with Gasteiger partial charge in [-0.1, -0.05) is 23.8 Å². The van der Waals surface area contributed by atoms with Gasteiger partial charge in [0.05, 0.1) is 6.42 Å². The summed E-state index contributed by atoms with van der Waals surface area (Å²) in [4.78, 5) is 37.9. The molecule has 1 fully saturated rings. The number of amides is 2.